The Morgan fingerprint density at radius 2 is 0.673 bits per heavy atom. The van der Waals surface area contributed by atoms with Crippen molar-refractivity contribution in [1.82, 2.24) is 0 Å². The molecule has 0 aromatic rings. The maximum Gasteiger partial charge on any atom is 0.306 e. The van der Waals surface area contributed by atoms with E-state index in [0.29, 0.717) is 19.3 Å². The fourth-order valence-electron chi connectivity index (χ4n) is 6.27. The SMILES string of the molecule is CCCCCCCCCC(=O)OC[C@@H](COC(=O)CCCCCCC)OC(=O)CCCCCCCCCCCCCCCCCCC(C)C. The lowest BCUT2D eigenvalue weighted by molar-refractivity contribution is -0.167. The molecule has 6 nitrogen and oxygen atoms in total. The molecule has 0 rings (SSSR count). The molecule has 0 bridgehead atoms. The maximum absolute atomic E-state index is 12.6. The standard InChI is InChI=1S/C43H82O6/c1-5-7-9-11-22-27-31-35-42(45)48-38-40(37-47-41(44)34-30-25-10-8-6-2)49-43(46)36-32-28-24-21-19-17-15-13-12-14-16-18-20-23-26-29-33-39(3)4/h39-40H,5-38H2,1-4H3/t40-/m1/s1. The fourth-order valence-corrected chi connectivity index (χ4v) is 6.27. The molecule has 0 aliphatic carbocycles. The van der Waals surface area contributed by atoms with Crippen molar-refractivity contribution in [2.24, 2.45) is 5.92 Å². The van der Waals surface area contributed by atoms with Gasteiger partial charge in [-0.3, -0.25) is 14.4 Å². The van der Waals surface area contributed by atoms with E-state index in [1.54, 1.807) is 0 Å². The minimum absolute atomic E-state index is 0.0661. The second-order valence-electron chi connectivity index (χ2n) is 15.1. The molecule has 0 amide bonds. The first kappa shape index (κ1) is 47.4. The average Bonchev–Trinajstić information content (AvgIpc) is 3.08. The van der Waals surface area contributed by atoms with Crippen LogP contribution in [0.3, 0.4) is 0 Å². The molecule has 0 saturated carbocycles. The van der Waals surface area contributed by atoms with Crippen molar-refractivity contribution in [3.8, 4) is 0 Å². The quantitative estimate of drug-likeness (QED) is 0.0364. The molecular weight excluding hydrogens is 612 g/mol. The lowest BCUT2D eigenvalue weighted by atomic mass is 10.0. The number of carbonyl (C=O) groups excluding carboxylic acids is 3. The molecule has 0 spiro atoms. The molecule has 0 heterocycles. The summed E-state index contributed by atoms with van der Waals surface area (Å²) in [5, 5.41) is 0. The van der Waals surface area contributed by atoms with Gasteiger partial charge in [-0.2, -0.15) is 0 Å². The van der Waals surface area contributed by atoms with Crippen LogP contribution in [-0.2, 0) is 28.6 Å². The van der Waals surface area contributed by atoms with Crippen molar-refractivity contribution < 1.29 is 28.6 Å². The molecule has 0 radical (unpaired) electrons. The summed E-state index contributed by atoms with van der Waals surface area (Å²) in [7, 11) is 0. The first-order chi connectivity index (χ1) is 23.9. The zero-order valence-corrected chi connectivity index (χ0v) is 33.1. The molecule has 0 saturated heterocycles. The average molecular weight is 695 g/mol. The number of carbonyl (C=O) groups is 3. The first-order valence-electron chi connectivity index (χ1n) is 21.4. The van der Waals surface area contributed by atoms with E-state index in [4.69, 9.17) is 14.2 Å². The Kier molecular flexibility index (Phi) is 36.4. The van der Waals surface area contributed by atoms with Crippen LogP contribution in [0.5, 0.6) is 0 Å². The zero-order chi connectivity index (χ0) is 36.0. The van der Waals surface area contributed by atoms with Crippen molar-refractivity contribution in [3.63, 3.8) is 0 Å². The van der Waals surface area contributed by atoms with Crippen molar-refractivity contribution in [2.75, 3.05) is 13.2 Å². The van der Waals surface area contributed by atoms with Crippen LogP contribution in [0.4, 0.5) is 0 Å². The van der Waals surface area contributed by atoms with Crippen molar-refractivity contribution in [3.05, 3.63) is 0 Å². The predicted molar refractivity (Wildman–Crippen MR) is 206 cm³/mol. The van der Waals surface area contributed by atoms with E-state index in [1.807, 2.05) is 0 Å². The van der Waals surface area contributed by atoms with Crippen LogP contribution in [-0.4, -0.2) is 37.2 Å². The minimum Gasteiger partial charge on any atom is -0.462 e. The number of rotatable bonds is 38. The Morgan fingerprint density at radius 3 is 1.00 bits per heavy atom. The van der Waals surface area contributed by atoms with Gasteiger partial charge in [-0.25, -0.2) is 0 Å². The highest BCUT2D eigenvalue weighted by Gasteiger charge is 2.19. The lowest BCUT2D eigenvalue weighted by Crippen LogP contribution is -2.30. The third-order valence-corrected chi connectivity index (χ3v) is 9.54. The molecule has 0 fully saturated rings. The summed E-state index contributed by atoms with van der Waals surface area (Å²) >= 11 is 0. The Bertz CT molecular complexity index is 736. The summed E-state index contributed by atoms with van der Waals surface area (Å²) in [5.74, 6) is -0.0270. The molecule has 0 aromatic heterocycles. The maximum atomic E-state index is 12.6. The van der Waals surface area contributed by atoms with Gasteiger partial charge in [0.05, 0.1) is 0 Å². The first-order valence-corrected chi connectivity index (χ1v) is 21.4. The summed E-state index contributed by atoms with van der Waals surface area (Å²) in [5.41, 5.74) is 0. The summed E-state index contributed by atoms with van der Waals surface area (Å²) in [4.78, 5) is 37.2. The van der Waals surface area contributed by atoms with Crippen LogP contribution >= 0.6 is 0 Å². The number of hydrogen-bond donors (Lipinski definition) is 0. The molecule has 0 unspecified atom stereocenters. The molecule has 0 aliphatic rings. The summed E-state index contributed by atoms with van der Waals surface area (Å²) in [6.07, 6.45) is 35.6. The molecule has 290 valence electrons. The van der Waals surface area contributed by atoms with E-state index in [1.165, 1.54) is 122 Å². The predicted octanol–water partition coefficient (Wildman–Crippen LogP) is 13.2. The van der Waals surface area contributed by atoms with Gasteiger partial charge in [-0.15, -0.1) is 0 Å². The molecule has 0 aliphatic heterocycles. The van der Waals surface area contributed by atoms with Gasteiger partial charge in [-0.1, -0.05) is 195 Å². The highest BCUT2D eigenvalue weighted by atomic mass is 16.6. The van der Waals surface area contributed by atoms with Crippen LogP contribution in [0.15, 0.2) is 0 Å². The number of ether oxygens (including phenoxy) is 3. The van der Waals surface area contributed by atoms with Crippen LogP contribution in [0, 0.1) is 5.92 Å². The van der Waals surface area contributed by atoms with Gasteiger partial charge in [-0.05, 0) is 25.2 Å². The van der Waals surface area contributed by atoms with Crippen LogP contribution in [0.1, 0.15) is 233 Å². The van der Waals surface area contributed by atoms with Gasteiger partial charge in [0, 0.05) is 19.3 Å². The molecular formula is C43H82O6. The monoisotopic (exact) mass is 695 g/mol. The normalized spacial score (nSPS) is 11.9. The molecule has 49 heavy (non-hydrogen) atoms. The second-order valence-corrected chi connectivity index (χ2v) is 15.1. The van der Waals surface area contributed by atoms with E-state index in [0.717, 1.165) is 70.1 Å². The van der Waals surface area contributed by atoms with Gasteiger partial charge in [0.25, 0.3) is 0 Å². The van der Waals surface area contributed by atoms with Gasteiger partial charge >= 0.3 is 17.9 Å². The lowest BCUT2D eigenvalue weighted by Gasteiger charge is -2.18. The minimum atomic E-state index is -0.755. The Labute approximate surface area is 304 Å². The van der Waals surface area contributed by atoms with Crippen molar-refractivity contribution in [2.45, 2.75) is 239 Å². The topological polar surface area (TPSA) is 78.9 Å². The van der Waals surface area contributed by atoms with Crippen LogP contribution in [0.25, 0.3) is 0 Å². The van der Waals surface area contributed by atoms with E-state index >= 15 is 0 Å². The van der Waals surface area contributed by atoms with Crippen molar-refractivity contribution >= 4 is 17.9 Å². The smallest absolute Gasteiger partial charge is 0.306 e. The summed E-state index contributed by atoms with van der Waals surface area (Å²) in [6.45, 7) is 8.88. The summed E-state index contributed by atoms with van der Waals surface area (Å²) in [6, 6.07) is 0. The highest BCUT2D eigenvalue weighted by Crippen LogP contribution is 2.16. The van der Waals surface area contributed by atoms with Crippen LogP contribution < -0.4 is 0 Å². The van der Waals surface area contributed by atoms with Gasteiger partial charge in [0.2, 0.25) is 0 Å². The molecule has 0 aromatic carbocycles. The molecule has 1 atom stereocenters. The Morgan fingerprint density at radius 1 is 0.388 bits per heavy atom. The number of hydrogen-bond acceptors (Lipinski definition) is 6. The largest absolute Gasteiger partial charge is 0.462 e. The third kappa shape index (κ3) is 37.5. The van der Waals surface area contributed by atoms with Crippen LogP contribution in [0.2, 0.25) is 0 Å². The van der Waals surface area contributed by atoms with Gasteiger partial charge in [0.1, 0.15) is 13.2 Å². The third-order valence-electron chi connectivity index (χ3n) is 9.54. The van der Waals surface area contributed by atoms with Crippen molar-refractivity contribution in [1.29, 1.82) is 0 Å². The second kappa shape index (κ2) is 37.7. The number of esters is 3. The van der Waals surface area contributed by atoms with Gasteiger partial charge in [0.15, 0.2) is 6.10 Å². The van der Waals surface area contributed by atoms with E-state index in [9.17, 15) is 14.4 Å². The van der Waals surface area contributed by atoms with E-state index in [-0.39, 0.29) is 31.1 Å². The Hall–Kier alpha value is -1.59. The highest BCUT2D eigenvalue weighted by molar-refractivity contribution is 5.71. The number of unbranched alkanes of at least 4 members (excludes halogenated alkanes) is 25. The zero-order valence-electron chi connectivity index (χ0n) is 33.1. The summed E-state index contributed by atoms with van der Waals surface area (Å²) < 4.78 is 16.5. The fraction of sp³-hybridized carbons (Fsp3) is 0.930. The van der Waals surface area contributed by atoms with Gasteiger partial charge < -0.3 is 14.2 Å². The molecule has 6 heteroatoms. The molecule has 0 N–H and O–H groups in total. The van der Waals surface area contributed by atoms with E-state index in [2.05, 4.69) is 27.7 Å². The Balaban J connectivity index is 4.08. The van der Waals surface area contributed by atoms with E-state index < -0.39 is 6.10 Å².